The first-order chi connectivity index (χ1) is 9.74. The van der Waals surface area contributed by atoms with Crippen LogP contribution in [0.2, 0.25) is 0 Å². The average molecular weight is 454 g/mol. The minimum atomic E-state index is -0.237. The Morgan fingerprint density at radius 1 is 1.27 bits per heavy atom. The third-order valence-corrected chi connectivity index (χ3v) is 3.64. The van der Waals surface area contributed by atoms with Crippen LogP contribution in [0.1, 0.15) is 17.7 Å². The van der Waals surface area contributed by atoms with Crippen LogP contribution in [0.5, 0.6) is 0 Å². The largest absolute Gasteiger partial charge is 0.379 e. The van der Waals surface area contributed by atoms with Crippen LogP contribution in [0.15, 0.2) is 41.8 Å². The molecule has 1 aromatic heterocycles. The number of halogens is 3. The highest BCUT2D eigenvalue weighted by molar-refractivity contribution is 8.93. The van der Waals surface area contributed by atoms with Gasteiger partial charge in [0.05, 0.1) is 12.9 Å². The van der Waals surface area contributed by atoms with Crippen LogP contribution in [0.3, 0.4) is 0 Å². The molecule has 0 unspecified atom stereocenters. The van der Waals surface area contributed by atoms with Gasteiger partial charge in [-0.3, -0.25) is 4.99 Å². The zero-order chi connectivity index (χ0) is 14.2. The lowest BCUT2D eigenvalue weighted by atomic mass is 10.2. The van der Waals surface area contributed by atoms with E-state index >= 15 is 0 Å². The molecular formula is C14H19Br2FN4S. The normalized spacial score (nSPS) is 10.7. The number of H-pyrrole nitrogens is 1. The van der Waals surface area contributed by atoms with Gasteiger partial charge >= 0.3 is 0 Å². The van der Waals surface area contributed by atoms with Crippen molar-refractivity contribution in [1.82, 2.24) is 9.97 Å². The van der Waals surface area contributed by atoms with Gasteiger partial charge < -0.3 is 10.7 Å². The van der Waals surface area contributed by atoms with Crippen molar-refractivity contribution in [1.29, 1.82) is 0 Å². The number of benzene rings is 1. The molecule has 122 valence electrons. The molecule has 0 spiro atoms. The molecule has 0 saturated heterocycles. The predicted octanol–water partition coefficient (Wildman–Crippen LogP) is 3.89. The van der Waals surface area contributed by atoms with Crippen molar-refractivity contribution in [3.63, 3.8) is 0 Å². The van der Waals surface area contributed by atoms with Gasteiger partial charge in [-0.1, -0.05) is 23.9 Å². The summed E-state index contributed by atoms with van der Waals surface area (Å²) >= 11 is 1.54. The molecular weight excluding hydrogens is 435 g/mol. The Balaban J connectivity index is 0.00000220. The van der Waals surface area contributed by atoms with Crippen LogP contribution in [-0.4, -0.2) is 20.9 Å². The van der Waals surface area contributed by atoms with E-state index in [0.29, 0.717) is 11.7 Å². The third kappa shape index (κ3) is 7.95. The first-order valence-corrected chi connectivity index (χ1v) is 7.37. The summed E-state index contributed by atoms with van der Waals surface area (Å²) in [6.07, 6.45) is 5.48. The number of rotatable bonds is 6. The minimum Gasteiger partial charge on any atom is -0.379 e. The summed E-state index contributed by atoms with van der Waals surface area (Å²) in [5.74, 6) is 0.677. The van der Waals surface area contributed by atoms with Crippen molar-refractivity contribution in [3.8, 4) is 0 Å². The monoisotopic (exact) mass is 452 g/mol. The summed E-state index contributed by atoms with van der Waals surface area (Å²) < 4.78 is 12.7. The second-order valence-corrected chi connectivity index (χ2v) is 5.42. The maximum Gasteiger partial charge on any atom is 0.154 e. The highest BCUT2D eigenvalue weighted by atomic mass is 79.9. The Bertz CT molecular complexity index is 546. The lowest BCUT2D eigenvalue weighted by Crippen LogP contribution is -2.08. The Morgan fingerprint density at radius 2 is 2.00 bits per heavy atom. The van der Waals surface area contributed by atoms with Gasteiger partial charge in [-0.2, -0.15) is 0 Å². The van der Waals surface area contributed by atoms with Crippen LogP contribution in [0, 0.1) is 5.82 Å². The molecule has 0 saturated carbocycles. The fourth-order valence-corrected chi connectivity index (χ4v) is 2.32. The van der Waals surface area contributed by atoms with Crippen molar-refractivity contribution in [2.24, 2.45) is 10.7 Å². The minimum absolute atomic E-state index is 0. The Hall–Kier alpha value is -0.860. The molecule has 0 aliphatic rings. The highest BCUT2D eigenvalue weighted by Gasteiger charge is 1.98. The van der Waals surface area contributed by atoms with Crippen LogP contribution in [0.4, 0.5) is 4.39 Å². The number of imidazole rings is 1. The van der Waals surface area contributed by atoms with Gasteiger partial charge in [-0.25, -0.2) is 9.37 Å². The lowest BCUT2D eigenvalue weighted by Gasteiger charge is -2.01. The van der Waals surface area contributed by atoms with E-state index in [1.807, 2.05) is 6.20 Å². The smallest absolute Gasteiger partial charge is 0.154 e. The van der Waals surface area contributed by atoms with Crippen LogP contribution in [0.25, 0.3) is 0 Å². The quantitative estimate of drug-likeness (QED) is 0.396. The fourth-order valence-electron chi connectivity index (χ4n) is 1.67. The van der Waals surface area contributed by atoms with Gasteiger partial charge in [-0.05, 0) is 30.5 Å². The molecule has 1 heterocycles. The van der Waals surface area contributed by atoms with Crippen LogP contribution >= 0.6 is 45.7 Å². The second kappa shape index (κ2) is 11.7. The average Bonchev–Trinajstić information content (AvgIpc) is 2.96. The van der Waals surface area contributed by atoms with Gasteiger partial charge in [0.15, 0.2) is 5.17 Å². The van der Waals surface area contributed by atoms with Crippen LogP contribution < -0.4 is 5.73 Å². The SMILES string of the molecule is Br.Br.NC(=NCc1ccc(F)cc1)SCCCc1cnc[nH]1. The molecule has 2 rings (SSSR count). The summed E-state index contributed by atoms with van der Waals surface area (Å²) in [4.78, 5) is 11.3. The van der Waals surface area contributed by atoms with Crippen molar-refractivity contribution in [2.75, 3.05) is 5.75 Å². The summed E-state index contributed by atoms with van der Waals surface area (Å²) in [5.41, 5.74) is 7.91. The summed E-state index contributed by atoms with van der Waals surface area (Å²) in [6.45, 7) is 0.486. The number of hydrogen-bond acceptors (Lipinski definition) is 3. The number of hydrogen-bond donors (Lipinski definition) is 2. The number of aliphatic imine (C=N–C) groups is 1. The summed E-state index contributed by atoms with van der Waals surface area (Å²) in [5, 5.41) is 0.568. The van der Waals surface area contributed by atoms with Crippen LogP contribution in [-0.2, 0) is 13.0 Å². The van der Waals surface area contributed by atoms with Gasteiger partial charge in [0.1, 0.15) is 5.82 Å². The molecule has 2 aromatic rings. The number of aromatic nitrogens is 2. The Labute approximate surface area is 154 Å². The lowest BCUT2D eigenvalue weighted by molar-refractivity contribution is 0.627. The number of thioether (sulfide) groups is 1. The summed E-state index contributed by atoms with van der Waals surface area (Å²) in [6, 6.07) is 6.29. The number of amidine groups is 1. The number of nitrogens with two attached hydrogens (primary N) is 1. The molecule has 0 atom stereocenters. The molecule has 1 aromatic carbocycles. The highest BCUT2D eigenvalue weighted by Crippen LogP contribution is 2.08. The fraction of sp³-hybridized carbons (Fsp3) is 0.286. The van der Waals surface area contributed by atoms with E-state index in [2.05, 4.69) is 15.0 Å². The van der Waals surface area contributed by atoms with Crippen molar-refractivity contribution < 1.29 is 4.39 Å². The Morgan fingerprint density at radius 3 is 2.64 bits per heavy atom. The molecule has 8 heteroatoms. The number of aryl methyl sites for hydroxylation is 1. The zero-order valence-corrected chi connectivity index (χ0v) is 16.1. The van der Waals surface area contributed by atoms with E-state index in [0.717, 1.165) is 29.9 Å². The maximum atomic E-state index is 12.7. The van der Waals surface area contributed by atoms with E-state index in [1.54, 1.807) is 30.2 Å². The van der Waals surface area contributed by atoms with Crippen molar-refractivity contribution >= 4 is 50.9 Å². The number of nitrogens with zero attached hydrogens (tertiary/aromatic N) is 2. The van der Waals surface area contributed by atoms with Crippen molar-refractivity contribution in [2.45, 2.75) is 19.4 Å². The van der Waals surface area contributed by atoms with Gasteiger partial charge in [0, 0.05) is 17.6 Å². The maximum absolute atomic E-state index is 12.7. The number of aromatic amines is 1. The molecule has 0 fully saturated rings. The Kier molecular flexibility index (Phi) is 11.2. The standard InChI is InChI=1S/C14H17FN4S.2BrH/c15-12-5-3-11(4-6-12)8-18-14(16)20-7-1-2-13-9-17-10-19-13;;/h3-6,9-10H,1-2,7-8H2,(H2,16,18)(H,17,19);2*1H. The molecule has 0 radical (unpaired) electrons. The van der Waals surface area contributed by atoms with Gasteiger partial charge in [0.25, 0.3) is 0 Å². The zero-order valence-electron chi connectivity index (χ0n) is 11.9. The third-order valence-electron chi connectivity index (χ3n) is 2.73. The van der Waals surface area contributed by atoms with Gasteiger partial charge in [0.2, 0.25) is 0 Å². The van der Waals surface area contributed by atoms with E-state index < -0.39 is 0 Å². The predicted molar refractivity (Wildman–Crippen MR) is 102 cm³/mol. The molecule has 3 N–H and O–H groups in total. The molecule has 0 amide bonds. The summed E-state index contributed by atoms with van der Waals surface area (Å²) in [7, 11) is 0. The molecule has 0 aliphatic carbocycles. The van der Waals surface area contributed by atoms with E-state index in [4.69, 9.17) is 5.73 Å². The molecule has 4 nitrogen and oxygen atoms in total. The molecule has 0 aliphatic heterocycles. The van der Waals surface area contributed by atoms with Crippen molar-refractivity contribution in [3.05, 3.63) is 53.9 Å². The first kappa shape index (κ1) is 21.1. The van der Waals surface area contributed by atoms with E-state index in [-0.39, 0.29) is 39.8 Å². The molecule has 0 bridgehead atoms. The number of nitrogens with one attached hydrogen (secondary N) is 1. The van der Waals surface area contributed by atoms with E-state index in [9.17, 15) is 4.39 Å². The molecule has 22 heavy (non-hydrogen) atoms. The second-order valence-electron chi connectivity index (χ2n) is 4.31. The first-order valence-electron chi connectivity index (χ1n) is 6.38. The van der Waals surface area contributed by atoms with Gasteiger partial charge in [-0.15, -0.1) is 34.0 Å². The van der Waals surface area contributed by atoms with E-state index in [1.165, 1.54) is 12.1 Å². The topological polar surface area (TPSA) is 67.1 Å².